The highest BCUT2D eigenvalue weighted by Gasteiger charge is 2.35. The van der Waals surface area contributed by atoms with Crippen LogP contribution in [0.1, 0.15) is 11.3 Å². The predicted octanol–water partition coefficient (Wildman–Crippen LogP) is 4.66. The van der Waals surface area contributed by atoms with Crippen LogP contribution in [0.4, 0.5) is 13.2 Å². The average molecular weight is 388 g/mol. The van der Waals surface area contributed by atoms with Gasteiger partial charge in [-0.3, -0.25) is 0 Å². The number of aromatic nitrogens is 2. The van der Waals surface area contributed by atoms with Crippen LogP contribution in [-0.2, 0) is 11.0 Å². The van der Waals surface area contributed by atoms with Gasteiger partial charge in [-0.05, 0) is 42.0 Å². The van der Waals surface area contributed by atoms with Crippen molar-refractivity contribution in [1.29, 1.82) is 0 Å². The van der Waals surface area contributed by atoms with Crippen LogP contribution < -0.4 is 4.74 Å². The molecule has 5 nitrogen and oxygen atoms in total. The molecule has 0 aliphatic rings. The van der Waals surface area contributed by atoms with Gasteiger partial charge in [0.1, 0.15) is 5.75 Å². The highest BCUT2D eigenvalue weighted by molar-refractivity contribution is 5.85. The summed E-state index contributed by atoms with van der Waals surface area (Å²) in [6.07, 6.45) is -2.21. The number of hydrogen-bond donors (Lipinski definition) is 1. The van der Waals surface area contributed by atoms with E-state index >= 15 is 0 Å². The van der Waals surface area contributed by atoms with Crippen molar-refractivity contribution in [3.05, 3.63) is 71.9 Å². The predicted molar refractivity (Wildman–Crippen MR) is 97.2 cm³/mol. The first-order valence-corrected chi connectivity index (χ1v) is 8.11. The number of hydrogen-bond acceptors (Lipinski definition) is 3. The Morgan fingerprint density at radius 2 is 1.75 bits per heavy atom. The fourth-order valence-electron chi connectivity index (χ4n) is 2.58. The van der Waals surface area contributed by atoms with Crippen LogP contribution in [0, 0.1) is 0 Å². The standard InChI is InChI=1S/C20H15F3N2O3/c1-28-16-9-7-15(8-10-16)25-17(12-18(24-25)20(21,22)23)14-5-2-13(3-6-14)4-11-19(26)27/h2-12H,1H3,(H,26,27). The number of carboxylic acids is 1. The van der Waals surface area contributed by atoms with E-state index in [-0.39, 0.29) is 5.69 Å². The largest absolute Gasteiger partial charge is 0.497 e. The molecule has 144 valence electrons. The number of halogens is 3. The van der Waals surface area contributed by atoms with Gasteiger partial charge < -0.3 is 9.84 Å². The van der Waals surface area contributed by atoms with E-state index in [9.17, 15) is 18.0 Å². The van der Waals surface area contributed by atoms with Crippen molar-refractivity contribution in [2.24, 2.45) is 0 Å². The molecular weight excluding hydrogens is 373 g/mol. The molecule has 28 heavy (non-hydrogen) atoms. The molecule has 0 saturated carbocycles. The molecule has 0 unspecified atom stereocenters. The number of alkyl halides is 3. The zero-order valence-electron chi connectivity index (χ0n) is 14.6. The lowest BCUT2D eigenvalue weighted by Gasteiger charge is -2.09. The van der Waals surface area contributed by atoms with Gasteiger partial charge in [0.15, 0.2) is 5.69 Å². The molecule has 0 spiro atoms. The molecule has 0 bridgehead atoms. The topological polar surface area (TPSA) is 64.4 Å². The number of aliphatic carboxylic acids is 1. The number of nitrogens with zero attached hydrogens (tertiary/aromatic N) is 2. The number of methoxy groups -OCH3 is 1. The summed E-state index contributed by atoms with van der Waals surface area (Å²) in [6.45, 7) is 0. The molecule has 0 atom stereocenters. The van der Waals surface area contributed by atoms with E-state index in [0.29, 0.717) is 22.6 Å². The third-order valence-corrected chi connectivity index (χ3v) is 3.94. The van der Waals surface area contributed by atoms with Gasteiger partial charge in [0.2, 0.25) is 0 Å². The summed E-state index contributed by atoms with van der Waals surface area (Å²) in [5.74, 6) is -0.514. The maximum atomic E-state index is 13.2. The zero-order valence-corrected chi connectivity index (χ0v) is 14.6. The van der Waals surface area contributed by atoms with Gasteiger partial charge in [-0.25, -0.2) is 9.48 Å². The van der Waals surface area contributed by atoms with Crippen LogP contribution in [-0.4, -0.2) is 28.0 Å². The molecule has 1 N–H and O–H groups in total. The van der Waals surface area contributed by atoms with Crippen LogP contribution in [0.3, 0.4) is 0 Å². The van der Waals surface area contributed by atoms with E-state index < -0.39 is 17.8 Å². The van der Waals surface area contributed by atoms with Gasteiger partial charge in [-0.15, -0.1) is 0 Å². The fraction of sp³-hybridized carbons (Fsp3) is 0.100. The van der Waals surface area contributed by atoms with Gasteiger partial charge in [0.25, 0.3) is 0 Å². The molecule has 2 aromatic carbocycles. The van der Waals surface area contributed by atoms with E-state index in [2.05, 4.69) is 5.10 Å². The second-order valence-electron chi connectivity index (χ2n) is 5.82. The van der Waals surface area contributed by atoms with Crippen LogP contribution in [0.5, 0.6) is 5.75 Å². The van der Waals surface area contributed by atoms with Crippen molar-refractivity contribution in [1.82, 2.24) is 9.78 Å². The van der Waals surface area contributed by atoms with Crippen molar-refractivity contribution in [2.75, 3.05) is 7.11 Å². The van der Waals surface area contributed by atoms with E-state index in [1.54, 1.807) is 48.5 Å². The lowest BCUT2D eigenvalue weighted by atomic mass is 10.1. The van der Waals surface area contributed by atoms with Crippen molar-refractivity contribution in [3.8, 4) is 22.7 Å². The molecule has 0 aliphatic heterocycles. The van der Waals surface area contributed by atoms with Crippen LogP contribution in [0.25, 0.3) is 23.0 Å². The van der Waals surface area contributed by atoms with Crippen molar-refractivity contribution >= 4 is 12.0 Å². The summed E-state index contributed by atoms with van der Waals surface area (Å²) in [7, 11) is 1.50. The zero-order chi connectivity index (χ0) is 20.3. The number of carboxylic acid groups (broad SMARTS) is 1. The van der Waals surface area contributed by atoms with Gasteiger partial charge in [0, 0.05) is 11.6 Å². The monoisotopic (exact) mass is 388 g/mol. The van der Waals surface area contributed by atoms with Crippen LogP contribution in [0.2, 0.25) is 0 Å². The highest BCUT2D eigenvalue weighted by atomic mass is 19.4. The first kappa shape index (κ1) is 19.2. The van der Waals surface area contributed by atoms with E-state index in [0.717, 1.165) is 12.1 Å². The van der Waals surface area contributed by atoms with E-state index in [1.165, 1.54) is 17.9 Å². The normalized spacial score (nSPS) is 11.7. The Labute approximate surface area is 158 Å². The van der Waals surface area contributed by atoms with Crippen molar-refractivity contribution < 1.29 is 27.8 Å². The van der Waals surface area contributed by atoms with Gasteiger partial charge in [-0.1, -0.05) is 24.3 Å². The van der Waals surface area contributed by atoms with Crippen molar-refractivity contribution in [2.45, 2.75) is 6.18 Å². The van der Waals surface area contributed by atoms with E-state index in [4.69, 9.17) is 9.84 Å². The molecule has 0 saturated heterocycles. The minimum absolute atomic E-state index is 0.256. The number of rotatable bonds is 5. The third kappa shape index (κ3) is 4.22. The fourth-order valence-corrected chi connectivity index (χ4v) is 2.58. The first-order valence-electron chi connectivity index (χ1n) is 8.11. The maximum absolute atomic E-state index is 13.2. The number of ether oxygens (including phenoxy) is 1. The van der Waals surface area contributed by atoms with Gasteiger partial charge >= 0.3 is 12.1 Å². The Kier molecular flexibility index (Phi) is 5.21. The van der Waals surface area contributed by atoms with Crippen molar-refractivity contribution in [3.63, 3.8) is 0 Å². The van der Waals surface area contributed by atoms with Crippen LogP contribution >= 0.6 is 0 Å². The minimum Gasteiger partial charge on any atom is -0.497 e. The summed E-state index contributed by atoms with van der Waals surface area (Å²) in [6, 6.07) is 13.9. The molecule has 1 heterocycles. The molecule has 0 radical (unpaired) electrons. The minimum atomic E-state index is -4.59. The second-order valence-corrected chi connectivity index (χ2v) is 5.82. The van der Waals surface area contributed by atoms with E-state index in [1.807, 2.05) is 0 Å². The molecule has 0 fully saturated rings. The molecule has 0 amide bonds. The summed E-state index contributed by atoms with van der Waals surface area (Å²) < 4.78 is 45.9. The molecule has 3 rings (SSSR count). The number of carbonyl (C=O) groups is 1. The summed E-state index contributed by atoms with van der Waals surface area (Å²) in [4.78, 5) is 10.6. The second kappa shape index (κ2) is 7.59. The summed E-state index contributed by atoms with van der Waals surface area (Å²) in [5.41, 5.74) is 0.810. The first-order chi connectivity index (χ1) is 13.3. The summed E-state index contributed by atoms with van der Waals surface area (Å²) >= 11 is 0. The van der Waals surface area contributed by atoms with Gasteiger partial charge in [-0.2, -0.15) is 18.3 Å². The quantitative estimate of drug-likeness (QED) is 0.646. The summed E-state index contributed by atoms with van der Waals surface area (Å²) in [5, 5.41) is 12.4. The lowest BCUT2D eigenvalue weighted by molar-refractivity contribution is -0.141. The molecular formula is C20H15F3N2O3. The Morgan fingerprint density at radius 3 is 2.29 bits per heavy atom. The average Bonchev–Trinajstić information content (AvgIpc) is 3.13. The Balaban J connectivity index is 2.05. The smallest absolute Gasteiger partial charge is 0.435 e. The van der Waals surface area contributed by atoms with Gasteiger partial charge in [0.05, 0.1) is 18.5 Å². The highest BCUT2D eigenvalue weighted by Crippen LogP contribution is 2.33. The molecule has 8 heteroatoms. The molecule has 3 aromatic rings. The SMILES string of the molecule is COc1ccc(-n2nc(C(F)(F)F)cc2-c2ccc(C=CC(=O)O)cc2)cc1. The molecule has 0 aliphatic carbocycles. The lowest BCUT2D eigenvalue weighted by Crippen LogP contribution is -2.07. The van der Waals surface area contributed by atoms with Crippen LogP contribution in [0.15, 0.2) is 60.7 Å². The maximum Gasteiger partial charge on any atom is 0.435 e. The molecule has 1 aromatic heterocycles. The number of benzene rings is 2. The Morgan fingerprint density at radius 1 is 1.11 bits per heavy atom. The Hall–Kier alpha value is -3.55. The Bertz CT molecular complexity index is 1000. The third-order valence-electron chi connectivity index (χ3n) is 3.94.